The zero-order valence-electron chi connectivity index (χ0n) is 13.3. The van der Waals surface area contributed by atoms with Gasteiger partial charge in [0, 0.05) is 16.2 Å². The lowest BCUT2D eigenvalue weighted by Gasteiger charge is -2.36. The van der Waals surface area contributed by atoms with E-state index in [2.05, 4.69) is 51.8 Å². The number of aromatic amines is 1. The third-order valence-corrected chi connectivity index (χ3v) is 5.77. The van der Waals surface area contributed by atoms with Gasteiger partial charge in [0.15, 0.2) is 0 Å². The molecule has 0 amide bonds. The van der Waals surface area contributed by atoms with Gasteiger partial charge in [0.2, 0.25) is 0 Å². The molecule has 0 saturated heterocycles. The Bertz CT molecular complexity index is 512. The van der Waals surface area contributed by atoms with E-state index in [9.17, 15) is 0 Å². The molecule has 2 atom stereocenters. The van der Waals surface area contributed by atoms with Crippen molar-refractivity contribution >= 4 is 22.0 Å². The molecule has 0 aromatic carbocycles. The van der Waals surface area contributed by atoms with Crippen molar-refractivity contribution in [2.24, 2.45) is 0 Å². The molecule has 2 aliphatic rings. The van der Waals surface area contributed by atoms with Crippen LogP contribution < -0.4 is 0 Å². The van der Waals surface area contributed by atoms with Gasteiger partial charge in [-0.15, -0.1) is 0 Å². The van der Waals surface area contributed by atoms with Gasteiger partial charge < -0.3 is 4.98 Å². The number of hydrogen-bond acceptors (Lipinski definition) is 1. The minimum absolute atomic E-state index is 0.542. The lowest BCUT2D eigenvalue weighted by molar-refractivity contribution is 0.175. The van der Waals surface area contributed by atoms with E-state index < -0.39 is 0 Å². The number of allylic oxidation sites excluding steroid dienone is 1. The third-order valence-electron chi connectivity index (χ3n) is 4.86. The van der Waals surface area contributed by atoms with Crippen LogP contribution in [0.2, 0.25) is 0 Å². The van der Waals surface area contributed by atoms with Crippen LogP contribution >= 0.6 is 15.9 Å². The molecule has 0 aliphatic heterocycles. The van der Waals surface area contributed by atoms with Crippen LogP contribution in [0.5, 0.6) is 0 Å². The Morgan fingerprint density at radius 1 is 1.24 bits per heavy atom. The van der Waals surface area contributed by atoms with Crippen LogP contribution in [0.25, 0.3) is 6.08 Å². The van der Waals surface area contributed by atoms with Gasteiger partial charge in [-0.25, -0.2) is 0 Å². The predicted octanol–water partition coefficient (Wildman–Crippen LogP) is 5.37. The Hall–Kier alpha value is -0.540. The Kier molecular flexibility index (Phi) is 4.90. The number of nitrogens with one attached hydrogen (secondary N) is 1. The van der Waals surface area contributed by atoms with E-state index in [0.29, 0.717) is 10.9 Å². The maximum Gasteiger partial charge on any atom is 0.0502 e. The highest BCUT2D eigenvalue weighted by atomic mass is 79.9. The van der Waals surface area contributed by atoms with Crippen LogP contribution in [-0.4, -0.2) is 23.0 Å². The van der Waals surface area contributed by atoms with Crippen LogP contribution in [0.1, 0.15) is 79.3 Å². The number of nitrogens with zero attached hydrogens (tertiary/aromatic N) is 1. The average Bonchev–Trinajstić information content (AvgIpc) is 2.88. The Morgan fingerprint density at radius 2 is 2.00 bits per heavy atom. The second-order valence-corrected chi connectivity index (χ2v) is 7.49. The number of fused-ring (bicyclic) bond motifs is 3. The molecule has 0 fully saturated rings. The standard InChI is InChI=1S/C18H27BrN2/c1-3-11-21(12-4-2)16-10-9-14(19)17-13-7-5-6-8-15(13)20-18(16)17/h6,8,14,16,20H,3-5,7,9-12H2,1-2H3. The smallest absolute Gasteiger partial charge is 0.0502 e. The van der Waals surface area contributed by atoms with Crippen LogP contribution in [0.15, 0.2) is 6.08 Å². The molecule has 1 aromatic heterocycles. The molecule has 1 N–H and O–H groups in total. The first-order valence-electron chi connectivity index (χ1n) is 8.55. The molecule has 2 nitrogen and oxygen atoms in total. The molecule has 116 valence electrons. The molecule has 2 unspecified atom stereocenters. The summed E-state index contributed by atoms with van der Waals surface area (Å²) in [6.07, 6.45) is 12.0. The summed E-state index contributed by atoms with van der Waals surface area (Å²) in [5.74, 6) is 0. The lowest BCUT2D eigenvalue weighted by Crippen LogP contribution is -2.33. The predicted molar refractivity (Wildman–Crippen MR) is 93.9 cm³/mol. The minimum Gasteiger partial charge on any atom is -0.357 e. The summed E-state index contributed by atoms with van der Waals surface area (Å²) in [5.41, 5.74) is 6.03. The summed E-state index contributed by atoms with van der Waals surface area (Å²) in [7, 11) is 0. The molecular weight excluding hydrogens is 324 g/mol. The van der Waals surface area contributed by atoms with Gasteiger partial charge in [0.1, 0.15) is 0 Å². The van der Waals surface area contributed by atoms with Gasteiger partial charge in [0.05, 0.1) is 6.04 Å². The zero-order valence-corrected chi connectivity index (χ0v) is 14.9. The molecule has 21 heavy (non-hydrogen) atoms. The summed E-state index contributed by atoms with van der Waals surface area (Å²) in [6.45, 7) is 7.01. The molecular formula is C18H27BrN2. The number of rotatable bonds is 5. The summed E-state index contributed by atoms with van der Waals surface area (Å²) >= 11 is 3.94. The van der Waals surface area contributed by atoms with E-state index >= 15 is 0 Å². The van der Waals surface area contributed by atoms with Crippen molar-refractivity contribution in [2.75, 3.05) is 13.1 Å². The topological polar surface area (TPSA) is 19.0 Å². The average molecular weight is 351 g/mol. The highest BCUT2D eigenvalue weighted by Gasteiger charge is 2.34. The molecule has 1 heterocycles. The number of H-pyrrole nitrogens is 1. The Labute approximate surface area is 137 Å². The van der Waals surface area contributed by atoms with E-state index in [4.69, 9.17) is 0 Å². The summed E-state index contributed by atoms with van der Waals surface area (Å²) in [5, 5.41) is 0. The van der Waals surface area contributed by atoms with Crippen LogP contribution in [0.3, 0.4) is 0 Å². The van der Waals surface area contributed by atoms with E-state index in [-0.39, 0.29) is 0 Å². The Balaban J connectivity index is 1.98. The van der Waals surface area contributed by atoms with E-state index in [0.717, 1.165) is 0 Å². The quantitative estimate of drug-likeness (QED) is 0.707. The number of hydrogen-bond donors (Lipinski definition) is 1. The monoisotopic (exact) mass is 350 g/mol. The number of halogens is 1. The second-order valence-electron chi connectivity index (χ2n) is 6.38. The maximum atomic E-state index is 3.94. The van der Waals surface area contributed by atoms with Crippen LogP contribution in [-0.2, 0) is 6.42 Å². The van der Waals surface area contributed by atoms with E-state index in [1.807, 2.05) is 0 Å². The highest BCUT2D eigenvalue weighted by molar-refractivity contribution is 9.09. The molecule has 0 radical (unpaired) electrons. The first-order chi connectivity index (χ1) is 10.3. The van der Waals surface area contributed by atoms with Gasteiger partial charge in [-0.3, -0.25) is 4.90 Å². The number of aromatic nitrogens is 1. The molecule has 0 spiro atoms. The fourth-order valence-electron chi connectivity index (χ4n) is 4.01. The van der Waals surface area contributed by atoms with Crippen LogP contribution in [0, 0.1) is 0 Å². The summed E-state index contributed by atoms with van der Waals surface area (Å²) < 4.78 is 0. The van der Waals surface area contributed by atoms with Crippen molar-refractivity contribution in [1.29, 1.82) is 0 Å². The number of alkyl halides is 1. The summed E-state index contributed by atoms with van der Waals surface area (Å²) in [6, 6.07) is 0.590. The van der Waals surface area contributed by atoms with E-state index in [1.165, 1.54) is 63.0 Å². The second kappa shape index (κ2) is 6.70. The fraction of sp³-hybridized carbons (Fsp3) is 0.667. The van der Waals surface area contributed by atoms with E-state index in [1.54, 1.807) is 11.1 Å². The van der Waals surface area contributed by atoms with Gasteiger partial charge in [0.25, 0.3) is 0 Å². The normalized spacial score (nSPS) is 24.2. The molecule has 3 heteroatoms. The van der Waals surface area contributed by atoms with Crippen molar-refractivity contribution in [3.8, 4) is 0 Å². The van der Waals surface area contributed by atoms with Crippen molar-refractivity contribution < 1.29 is 0 Å². The third kappa shape index (κ3) is 2.87. The lowest BCUT2D eigenvalue weighted by atomic mass is 9.87. The van der Waals surface area contributed by atoms with Crippen molar-refractivity contribution in [3.05, 3.63) is 28.6 Å². The van der Waals surface area contributed by atoms with Crippen LogP contribution in [0.4, 0.5) is 0 Å². The van der Waals surface area contributed by atoms with Crippen molar-refractivity contribution in [2.45, 2.75) is 63.2 Å². The SMILES string of the molecule is CCCN(CCC)C1CCC(Br)c2c1[nH]c1c2CCC=C1. The van der Waals surface area contributed by atoms with Gasteiger partial charge in [-0.05, 0) is 68.8 Å². The first-order valence-corrected chi connectivity index (χ1v) is 9.47. The van der Waals surface area contributed by atoms with Gasteiger partial charge >= 0.3 is 0 Å². The highest BCUT2D eigenvalue weighted by Crippen LogP contribution is 2.46. The molecule has 0 bridgehead atoms. The fourth-order valence-corrected chi connectivity index (χ4v) is 4.80. The first kappa shape index (κ1) is 15.4. The van der Waals surface area contributed by atoms with Gasteiger partial charge in [-0.2, -0.15) is 0 Å². The largest absolute Gasteiger partial charge is 0.357 e. The zero-order chi connectivity index (χ0) is 14.8. The van der Waals surface area contributed by atoms with Crippen molar-refractivity contribution in [3.63, 3.8) is 0 Å². The van der Waals surface area contributed by atoms with Crippen molar-refractivity contribution in [1.82, 2.24) is 9.88 Å². The molecule has 0 saturated carbocycles. The molecule has 1 aromatic rings. The molecule has 3 rings (SSSR count). The summed E-state index contributed by atoms with van der Waals surface area (Å²) in [4.78, 5) is 7.01. The van der Waals surface area contributed by atoms with Gasteiger partial charge in [-0.1, -0.05) is 35.9 Å². The minimum atomic E-state index is 0.542. The maximum absolute atomic E-state index is 3.94. The Morgan fingerprint density at radius 3 is 2.71 bits per heavy atom. The molecule has 2 aliphatic carbocycles.